The number of urea groups is 1. The molecule has 0 bridgehead atoms. The van der Waals surface area contributed by atoms with Gasteiger partial charge in [-0.05, 0) is 57.6 Å². The summed E-state index contributed by atoms with van der Waals surface area (Å²) in [6, 6.07) is 4.01. The molecule has 21 heavy (non-hydrogen) atoms. The largest absolute Gasteiger partial charge is 0.323 e. The van der Waals surface area contributed by atoms with Crippen molar-refractivity contribution in [2.24, 2.45) is 5.92 Å². The van der Waals surface area contributed by atoms with E-state index in [1.165, 1.54) is 36.8 Å². The van der Waals surface area contributed by atoms with Gasteiger partial charge in [0.1, 0.15) is 0 Å². The normalized spacial score (nSPS) is 16.1. The minimum Gasteiger partial charge on any atom is -0.314 e. The third-order valence-corrected chi connectivity index (χ3v) is 4.35. The van der Waals surface area contributed by atoms with Crippen molar-refractivity contribution < 1.29 is 4.79 Å². The summed E-state index contributed by atoms with van der Waals surface area (Å²) in [5, 5.41) is 5.82. The van der Waals surface area contributed by atoms with E-state index in [-0.39, 0.29) is 6.03 Å². The molecule has 1 aliphatic rings. The Balaban J connectivity index is 1.97. The fourth-order valence-corrected chi connectivity index (χ4v) is 3.21. The van der Waals surface area contributed by atoms with Crippen molar-refractivity contribution >= 4 is 11.7 Å². The molecule has 1 aliphatic carbocycles. The molecule has 2 N–H and O–H groups in total. The number of allylic oxidation sites excluding steroid dienone is 1. The molecule has 0 radical (unpaired) electrons. The molecule has 0 saturated heterocycles. The van der Waals surface area contributed by atoms with E-state index in [9.17, 15) is 4.79 Å². The van der Waals surface area contributed by atoms with E-state index < -0.39 is 0 Å². The van der Waals surface area contributed by atoms with Gasteiger partial charge in [0.15, 0.2) is 0 Å². The molecule has 0 atom stereocenters. The number of anilines is 1. The standard InChI is InChI=1S/C18H26N2O/c1-12-9-13(2)17(14(3)10-12)20-18(21)19-11-15(4)16-7-5-6-8-16/h9-11,16H,5-8H2,1-4H3,(H2,19,20,21)/b15-11+. The Labute approximate surface area is 127 Å². The quantitative estimate of drug-likeness (QED) is 0.821. The van der Waals surface area contributed by atoms with Gasteiger partial charge in [0.05, 0.1) is 0 Å². The lowest BCUT2D eigenvalue weighted by Gasteiger charge is -2.14. The zero-order chi connectivity index (χ0) is 15.4. The van der Waals surface area contributed by atoms with Crippen molar-refractivity contribution in [2.45, 2.75) is 53.4 Å². The molecule has 2 rings (SSSR count). The second-order valence-electron chi connectivity index (χ2n) is 6.24. The summed E-state index contributed by atoms with van der Waals surface area (Å²) in [6.07, 6.45) is 6.99. The second-order valence-corrected chi connectivity index (χ2v) is 6.24. The van der Waals surface area contributed by atoms with Crippen molar-refractivity contribution in [3.8, 4) is 0 Å². The van der Waals surface area contributed by atoms with E-state index in [2.05, 4.69) is 36.6 Å². The Morgan fingerprint density at radius 1 is 1.14 bits per heavy atom. The van der Waals surface area contributed by atoms with Crippen LogP contribution in [0.2, 0.25) is 0 Å². The highest BCUT2D eigenvalue weighted by Crippen LogP contribution is 2.30. The maximum atomic E-state index is 12.1. The zero-order valence-corrected chi connectivity index (χ0v) is 13.5. The number of amides is 2. The van der Waals surface area contributed by atoms with E-state index in [0.29, 0.717) is 5.92 Å². The van der Waals surface area contributed by atoms with Crippen LogP contribution in [-0.2, 0) is 0 Å². The van der Waals surface area contributed by atoms with E-state index in [1.54, 1.807) is 0 Å². The Kier molecular flexibility index (Phi) is 5.05. The van der Waals surface area contributed by atoms with Gasteiger partial charge in [-0.2, -0.15) is 0 Å². The molecule has 0 aliphatic heterocycles. The van der Waals surface area contributed by atoms with E-state index in [0.717, 1.165) is 16.8 Å². The predicted octanol–water partition coefficient (Wildman–Crippen LogP) is 4.83. The number of benzene rings is 1. The van der Waals surface area contributed by atoms with Gasteiger partial charge in [-0.15, -0.1) is 0 Å². The highest BCUT2D eigenvalue weighted by molar-refractivity contribution is 5.91. The van der Waals surface area contributed by atoms with Gasteiger partial charge >= 0.3 is 6.03 Å². The van der Waals surface area contributed by atoms with Crippen LogP contribution in [-0.4, -0.2) is 6.03 Å². The van der Waals surface area contributed by atoms with E-state index >= 15 is 0 Å². The van der Waals surface area contributed by atoms with Gasteiger partial charge in [-0.25, -0.2) is 4.79 Å². The second kappa shape index (κ2) is 6.79. The molecule has 1 aromatic rings. The van der Waals surface area contributed by atoms with Crippen LogP contribution in [0.25, 0.3) is 0 Å². The fraction of sp³-hybridized carbons (Fsp3) is 0.500. The summed E-state index contributed by atoms with van der Waals surface area (Å²) >= 11 is 0. The lowest BCUT2D eigenvalue weighted by Crippen LogP contribution is -2.25. The Bertz CT molecular complexity index is 531. The molecule has 114 valence electrons. The number of nitrogens with one attached hydrogen (secondary N) is 2. The Hall–Kier alpha value is -1.77. The first-order chi connectivity index (χ1) is 9.97. The first kappa shape index (κ1) is 15.6. The molecule has 0 heterocycles. The minimum atomic E-state index is -0.164. The van der Waals surface area contributed by atoms with Crippen molar-refractivity contribution in [3.63, 3.8) is 0 Å². The van der Waals surface area contributed by atoms with Crippen molar-refractivity contribution in [2.75, 3.05) is 5.32 Å². The smallest absolute Gasteiger partial charge is 0.314 e. The van der Waals surface area contributed by atoms with Crippen molar-refractivity contribution in [1.82, 2.24) is 5.32 Å². The molecule has 3 heteroatoms. The third-order valence-electron chi connectivity index (χ3n) is 4.35. The summed E-state index contributed by atoms with van der Waals surface area (Å²) in [6.45, 7) is 8.22. The number of hydrogen-bond donors (Lipinski definition) is 2. The predicted molar refractivity (Wildman–Crippen MR) is 88.5 cm³/mol. The third kappa shape index (κ3) is 4.10. The van der Waals surface area contributed by atoms with Crippen LogP contribution in [0.1, 0.15) is 49.3 Å². The summed E-state index contributed by atoms with van der Waals surface area (Å²) in [7, 11) is 0. The van der Waals surface area contributed by atoms with Crippen LogP contribution in [0.4, 0.5) is 10.5 Å². The first-order valence-corrected chi connectivity index (χ1v) is 7.79. The lowest BCUT2D eigenvalue weighted by atomic mass is 10.0. The molecular weight excluding hydrogens is 260 g/mol. The molecule has 1 saturated carbocycles. The van der Waals surface area contributed by atoms with Gasteiger partial charge in [-0.3, -0.25) is 0 Å². The lowest BCUT2D eigenvalue weighted by molar-refractivity contribution is 0.255. The molecule has 0 aromatic heterocycles. The van der Waals surface area contributed by atoms with Crippen LogP contribution in [0.15, 0.2) is 23.9 Å². The van der Waals surface area contributed by atoms with Crippen LogP contribution >= 0.6 is 0 Å². The van der Waals surface area contributed by atoms with Crippen LogP contribution in [0.5, 0.6) is 0 Å². The highest BCUT2D eigenvalue weighted by atomic mass is 16.2. The minimum absolute atomic E-state index is 0.164. The average Bonchev–Trinajstić information content (AvgIpc) is 2.94. The van der Waals surface area contributed by atoms with Gasteiger partial charge in [-0.1, -0.05) is 36.1 Å². The van der Waals surface area contributed by atoms with Gasteiger partial charge in [0.2, 0.25) is 0 Å². The summed E-state index contributed by atoms with van der Waals surface area (Å²) in [5.74, 6) is 0.646. The van der Waals surface area contributed by atoms with Crippen LogP contribution < -0.4 is 10.6 Å². The monoisotopic (exact) mass is 286 g/mol. The number of aryl methyl sites for hydroxylation is 3. The van der Waals surface area contributed by atoms with E-state index in [4.69, 9.17) is 0 Å². The van der Waals surface area contributed by atoms with Gasteiger partial charge in [0.25, 0.3) is 0 Å². The van der Waals surface area contributed by atoms with Crippen LogP contribution in [0.3, 0.4) is 0 Å². The number of hydrogen-bond acceptors (Lipinski definition) is 1. The molecule has 0 spiro atoms. The Morgan fingerprint density at radius 2 is 1.71 bits per heavy atom. The number of carbonyl (C=O) groups excluding carboxylic acids is 1. The number of carbonyl (C=O) groups is 1. The number of rotatable bonds is 3. The van der Waals surface area contributed by atoms with Crippen molar-refractivity contribution in [3.05, 3.63) is 40.6 Å². The van der Waals surface area contributed by atoms with Gasteiger partial charge in [0, 0.05) is 11.9 Å². The highest BCUT2D eigenvalue weighted by Gasteiger charge is 2.16. The first-order valence-electron chi connectivity index (χ1n) is 7.79. The topological polar surface area (TPSA) is 41.1 Å². The average molecular weight is 286 g/mol. The maximum Gasteiger partial charge on any atom is 0.323 e. The SMILES string of the molecule is C/C(=C\NC(=O)Nc1c(C)cc(C)cc1C)C1CCCC1. The molecule has 1 fully saturated rings. The van der Waals surface area contributed by atoms with Crippen LogP contribution in [0, 0.1) is 26.7 Å². The fourth-order valence-electron chi connectivity index (χ4n) is 3.21. The summed E-state index contributed by atoms with van der Waals surface area (Å²) < 4.78 is 0. The molecule has 3 nitrogen and oxygen atoms in total. The summed E-state index contributed by atoms with van der Waals surface area (Å²) in [4.78, 5) is 12.1. The molecule has 0 unspecified atom stereocenters. The maximum absolute atomic E-state index is 12.1. The molecular formula is C18H26N2O. The molecule has 2 amide bonds. The van der Waals surface area contributed by atoms with E-state index in [1.807, 2.05) is 20.0 Å². The zero-order valence-electron chi connectivity index (χ0n) is 13.5. The van der Waals surface area contributed by atoms with Crippen molar-refractivity contribution in [1.29, 1.82) is 0 Å². The summed E-state index contributed by atoms with van der Waals surface area (Å²) in [5.41, 5.74) is 5.59. The molecule has 1 aromatic carbocycles. The van der Waals surface area contributed by atoms with Gasteiger partial charge < -0.3 is 10.6 Å². The Morgan fingerprint density at radius 3 is 2.29 bits per heavy atom.